The molecule has 0 aliphatic carbocycles. The molecule has 1 heterocycles. The molecule has 0 spiro atoms. The lowest BCUT2D eigenvalue weighted by atomic mass is 9.99. The molecule has 16 heavy (non-hydrogen) atoms. The number of nitrogens with two attached hydrogens (primary N) is 1. The van der Waals surface area contributed by atoms with Gasteiger partial charge in [0.1, 0.15) is 0 Å². The highest BCUT2D eigenvalue weighted by Crippen LogP contribution is 2.12. The first kappa shape index (κ1) is 13.4. The summed E-state index contributed by atoms with van der Waals surface area (Å²) in [6.07, 6.45) is 1.33. The van der Waals surface area contributed by atoms with Crippen LogP contribution in [0, 0.1) is 5.92 Å². The summed E-state index contributed by atoms with van der Waals surface area (Å²) in [6.45, 7) is 3.88. The van der Waals surface area contributed by atoms with Gasteiger partial charge in [0.25, 0.3) is 0 Å². The maximum absolute atomic E-state index is 11.7. The molecule has 1 aliphatic rings. The zero-order valence-electron chi connectivity index (χ0n) is 9.77. The van der Waals surface area contributed by atoms with E-state index in [2.05, 4.69) is 5.32 Å². The van der Waals surface area contributed by atoms with Crippen molar-refractivity contribution in [2.24, 2.45) is 11.7 Å². The SMILES string of the molecule is CCC(C)[C@H](N)C(=O)NC1CCS(=O)(=O)C1. The van der Waals surface area contributed by atoms with Gasteiger partial charge >= 0.3 is 0 Å². The number of amides is 1. The molecule has 94 valence electrons. The number of carbonyl (C=O) groups is 1. The van der Waals surface area contributed by atoms with E-state index in [0.29, 0.717) is 6.42 Å². The van der Waals surface area contributed by atoms with Crippen LogP contribution in [-0.4, -0.2) is 37.9 Å². The Hall–Kier alpha value is -0.620. The largest absolute Gasteiger partial charge is 0.351 e. The summed E-state index contributed by atoms with van der Waals surface area (Å²) < 4.78 is 22.4. The van der Waals surface area contributed by atoms with Crippen molar-refractivity contribution >= 4 is 15.7 Å². The average molecular weight is 248 g/mol. The molecule has 1 saturated heterocycles. The second-order valence-corrected chi connectivity index (χ2v) is 6.75. The molecule has 2 unspecified atom stereocenters. The fourth-order valence-electron chi connectivity index (χ4n) is 1.72. The summed E-state index contributed by atoms with van der Waals surface area (Å²) in [5.74, 6) is 0.0807. The highest BCUT2D eigenvalue weighted by Gasteiger charge is 2.30. The summed E-state index contributed by atoms with van der Waals surface area (Å²) in [6, 6.07) is -0.805. The van der Waals surface area contributed by atoms with Gasteiger partial charge in [-0.05, 0) is 12.3 Å². The van der Waals surface area contributed by atoms with Crippen LogP contribution in [0.2, 0.25) is 0 Å². The minimum absolute atomic E-state index is 0.0476. The Bertz CT molecular complexity index is 353. The maximum atomic E-state index is 11.7. The van der Waals surface area contributed by atoms with Crippen molar-refractivity contribution < 1.29 is 13.2 Å². The van der Waals surface area contributed by atoms with Crippen molar-refractivity contribution in [1.29, 1.82) is 0 Å². The molecule has 5 nitrogen and oxygen atoms in total. The van der Waals surface area contributed by atoms with Crippen LogP contribution in [0.4, 0.5) is 0 Å². The first-order valence-electron chi connectivity index (χ1n) is 5.62. The molecule has 1 aliphatic heterocycles. The molecule has 1 fully saturated rings. The normalized spacial score (nSPS) is 27.3. The molecule has 3 N–H and O–H groups in total. The van der Waals surface area contributed by atoms with E-state index in [9.17, 15) is 13.2 Å². The molecule has 1 rings (SSSR count). The Morgan fingerprint density at radius 3 is 2.62 bits per heavy atom. The predicted molar refractivity (Wildman–Crippen MR) is 62.6 cm³/mol. The van der Waals surface area contributed by atoms with E-state index < -0.39 is 15.9 Å². The van der Waals surface area contributed by atoms with Gasteiger partial charge in [0.2, 0.25) is 5.91 Å². The van der Waals surface area contributed by atoms with Crippen molar-refractivity contribution in [3.05, 3.63) is 0 Å². The molecule has 1 amide bonds. The molecule has 0 bridgehead atoms. The maximum Gasteiger partial charge on any atom is 0.237 e. The van der Waals surface area contributed by atoms with Crippen LogP contribution in [-0.2, 0) is 14.6 Å². The van der Waals surface area contributed by atoms with Gasteiger partial charge in [0.05, 0.1) is 17.5 Å². The van der Waals surface area contributed by atoms with Crippen LogP contribution >= 0.6 is 0 Å². The van der Waals surface area contributed by atoms with Gasteiger partial charge < -0.3 is 11.1 Å². The summed E-state index contributed by atoms with van der Waals surface area (Å²) in [4.78, 5) is 11.7. The number of carbonyl (C=O) groups excluding carboxylic acids is 1. The monoisotopic (exact) mass is 248 g/mol. The van der Waals surface area contributed by atoms with E-state index in [1.165, 1.54) is 0 Å². The van der Waals surface area contributed by atoms with Crippen molar-refractivity contribution in [3.8, 4) is 0 Å². The van der Waals surface area contributed by atoms with E-state index in [1.807, 2.05) is 13.8 Å². The molecule has 0 saturated carbocycles. The molecule has 3 atom stereocenters. The van der Waals surface area contributed by atoms with Gasteiger partial charge in [-0.2, -0.15) is 0 Å². The van der Waals surface area contributed by atoms with Gasteiger partial charge in [-0.15, -0.1) is 0 Å². The molecule has 0 aromatic rings. The molecule has 6 heteroatoms. The summed E-state index contributed by atoms with van der Waals surface area (Å²) >= 11 is 0. The zero-order chi connectivity index (χ0) is 12.3. The quantitative estimate of drug-likeness (QED) is 0.712. The molecular weight excluding hydrogens is 228 g/mol. The summed E-state index contributed by atoms with van der Waals surface area (Å²) in [7, 11) is -2.95. The van der Waals surface area contributed by atoms with Crippen molar-refractivity contribution in [3.63, 3.8) is 0 Å². The molecule has 0 radical (unpaired) electrons. The number of hydrogen-bond donors (Lipinski definition) is 2. The topological polar surface area (TPSA) is 89.3 Å². The van der Waals surface area contributed by atoms with Crippen LogP contribution in [0.25, 0.3) is 0 Å². The van der Waals surface area contributed by atoms with Crippen LogP contribution < -0.4 is 11.1 Å². The van der Waals surface area contributed by atoms with Crippen LogP contribution in [0.3, 0.4) is 0 Å². The fourth-order valence-corrected chi connectivity index (χ4v) is 3.39. The Kier molecular flexibility index (Phi) is 4.32. The lowest BCUT2D eigenvalue weighted by Crippen LogP contribution is -2.48. The van der Waals surface area contributed by atoms with Gasteiger partial charge in [-0.1, -0.05) is 20.3 Å². The number of rotatable bonds is 4. The van der Waals surface area contributed by atoms with Crippen molar-refractivity contribution in [1.82, 2.24) is 5.32 Å². The third kappa shape index (κ3) is 3.45. The highest BCUT2D eigenvalue weighted by molar-refractivity contribution is 7.91. The fraction of sp³-hybridized carbons (Fsp3) is 0.900. The van der Waals surface area contributed by atoms with E-state index in [-0.39, 0.29) is 29.4 Å². The zero-order valence-corrected chi connectivity index (χ0v) is 10.6. The second-order valence-electron chi connectivity index (χ2n) is 4.52. The minimum Gasteiger partial charge on any atom is -0.351 e. The van der Waals surface area contributed by atoms with Crippen LogP contribution in [0.15, 0.2) is 0 Å². The lowest BCUT2D eigenvalue weighted by Gasteiger charge is -2.20. The van der Waals surface area contributed by atoms with Crippen LogP contribution in [0.1, 0.15) is 26.7 Å². The number of hydrogen-bond acceptors (Lipinski definition) is 4. The first-order chi connectivity index (χ1) is 7.35. The first-order valence-corrected chi connectivity index (χ1v) is 7.44. The predicted octanol–water partition coefficient (Wildman–Crippen LogP) is -0.337. The smallest absolute Gasteiger partial charge is 0.237 e. The van der Waals surface area contributed by atoms with E-state index in [1.54, 1.807) is 0 Å². The van der Waals surface area contributed by atoms with Gasteiger partial charge in [0, 0.05) is 6.04 Å². The third-order valence-electron chi connectivity index (χ3n) is 3.14. The summed E-state index contributed by atoms with van der Waals surface area (Å²) in [5.41, 5.74) is 5.76. The van der Waals surface area contributed by atoms with Gasteiger partial charge in [0.15, 0.2) is 9.84 Å². The Morgan fingerprint density at radius 1 is 1.56 bits per heavy atom. The van der Waals surface area contributed by atoms with Gasteiger partial charge in [-0.3, -0.25) is 4.79 Å². The minimum atomic E-state index is -2.95. The van der Waals surface area contributed by atoms with E-state index >= 15 is 0 Å². The lowest BCUT2D eigenvalue weighted by molar-refractivity contribution is -0.123. The Balaban J connectivity index is 2.47. The molecule has 0 aromatic heterocycles. The number of sulfone groups is 1. The third-order valence-corrected chi connectivity index (χ3v) is 4.91. The van der Waals surface area contributed by atoms with Crippen LogP contribution in [0.5, 0.6) is 0 Å². The Morgan fingerprint density at radius 2 is 2.19 bits per heavy atom. The highest BCUT2D eigenvalue weighted by atomic mass is 32.2. The second kappa shape index (κ2) is 5.14. The average Bonchev–Trinajstić information content (AvgIpc) is 2.55. The number of nitrogens with one attached hydrogen (secondary N) is 1. The Labute approximate surface area is 96.7 Å². The van der Waals surface area contributed by atoms with E-state index in [4.69, 9.17) is 5.73 Å². The standard InChI is InChI=1S/C10H20N2O3S/c1-3-7(2)9(11)10(13)12-8-4-5-16(14,15)6-8/h7-9H,3-6,11H2,1-2H3,(H,12,13)/t7?,8?,9-/m0/s1. The van der Waals surface area contributed by atoms with Crippen molar-refractivity contribution in [2.75, 3.05) is 11.5 Å². The summed E-state index contributed by atoms with van der Waals surface area (Å²) in [5, 5.41) is 2.71. The van der Waals surface area contributed by atoms with Crippen molar-refractivity contribution in [2.45, 2.75) is 38.8 Å². The van der Waals surface area contributed by atoms with Gasteiger partial charge in [-0.25, -0.2) is 8.42 Å². The molecule has 0 aromatic carbocycles. The van der Waals surface area contributed by atoms with E-state index in [0.717, 1.165) is 6.42 Å². The molecular formula is C10H20N2O3S.